The van der Waals surface area contributed by atoms with Crippen LogP contribution < -0.4 is 0 Å². The van der Waals surface area contributed by atoms with Crippen LogP contribution in [-0.4, -0.2) is 55.5 Å². The molecular weight excluding hydrogens is 392 g/mol. The normalized spacial score (nSPS) is 15.8. The molecule has 28 heavy (non-hydrogen) atoms. The van der Waals surface area contributed by atoms with Gasteiger partial charge in [-0.3, -0.25) is 4.79 Å². The van der Waals surface area contributed by atoms with E-state index in [1.54, 1.807) is 11.0 Å². The van der Waals surface area contributed by atoms with Crippen molar-refractivity contribution in [3.8, 4) is 0 Å². The smallest absolute Gasteiger partial charge is 0.236 e. The number of thioether (sulfide) groups is 1. The van der Waals surface area contributed by atoms with Gasteiger partial charge in [-0.25, -0.2) is 8.42 Å². The highest BCUT2D eigenvalue weighted by atomic mass is 32.2. The Kier molecular flexibility index (Phi) is 6.93. The Labute approximate surface area is 171 Å². The molecule has 0 radical (unpaired) electrons. The fourth-order valence-electron chi connectivity index (χ4n) is 2.96. The minimum atomic E-state index is -3.48. The molecule has 5 nitrogen and oxygen atoms in total. The van der Waals surface area contributed by atoms with E-state index in [-0.39, 0.29) is 5.91 Å². The molecule has 3 rings (SSSR count). The molecule has 0 atom stereocenters. The second-order valence-electron chi connectivity index (χ2n) is 6.59. The lowest BCUT2D eigenvalue weighted by atomic mass is 10.2. The maximum atomic E-state index is 12.5. The summed E-state index contributed by atoms with van der Waals surface area (Å²) in [7, 11) is -3.48. The number of carbonyl (C=O) groups is 1. The van der Waals surface area contributed by atoms with Gasteiger partial charge in [0.05, 0.1) is 5.75 Å². The van der Waals surface area contributed by atoms with Gasteiger partial charge in [0, 0.05) is 36.5 Å². The fraction of sp³-hybridized carbons (Fsp3) is 0.286. The first-order valence-electron chi connectivity index (χ1n) is 9.15. The van der Waals surface area contributed by atoms with Gasteiger partial charge in [0.2, 0.25) is 15.9 Å². The van der Waals surface area contributed by atoms with Crippen LogP contribution in [0.25, 0.3) is 6.08 Å². The van der Waals surface area contributed by atoms with Crippen molar-refractivity contribution < 1.29 is 13.2 Å². The molecule has 1 aliphatic rings. The summed E-state index contributed by atoms with van der Waals surface area (Å²) >= 11 is 1.53. The highest BCUT2D eigenvalue weighted by Crippen LogP contribution is 2.22. The van der Waals surface area contributed by atoms with E-state index >= 15 is 0 Å². The number of amides is 1. The average Bonchev–Trinajstić information content (AvgIpc) is 2.72. The van der Waals surface area contributed by atoms with Gasteiger partial charge in [0.1, 0.15) is 0 Å². The molecule has 148 valence electrons. The van der Waals surface area contributed by atoms with Crippen LogP contribution in [0.15, 0.2) is 64.9 Å². The molecule has 1 heterocycles. The predicted octanol–water partition coefficient (Wildman–Crippen LogP) is 3.23. The van der Waals surface area contributed by atoms with Gasteiger partial charge in [0.15, 0.2) is 0 Å². The van der Waals surface area contributed by atoms with Crippen molar-refractivity contribution in [2.24, 2.45) is 0 Å². The zero-order valence-corrected chi connectivity index (χ0v) is 17.5. The van der Waals surface area contributed by atoms with E-state index in [0.717, 1.165) is 16.0 Å². The van der Waals surface area contributed by atoms with E-state index in [1.807, 2.05) is 61.5 Å². The summed E-state index contributed by atoms with van der Waals surface area (Å²) in [5, 5.41) is 1.24. The molecule has 0 spiro atoms. The molecule has 2 aromatic rings. The third-order valence-electron chi connectivity index (χ3n) is 4.63. The van der Waals surface area contributed by atoms with Crippen molar-refractivity contribution in [2.45, 2.75) is 11.8 Å². The molecule has 0 aliphatic carbocycles. The second-order valence-corrected chi connectivity index (χ2v) is 9.43. The number of carbonyl (C=O) groups excluding carboxylic acids is 1. The van der Waals surface area contributed by atoms with Gasteiger partial charge in [-0.05, 0) is 30.2 Å². The van der Waals surface area contributed by atoms with Crippen molar-refractivity contribution in [2.75, 3.05) is 31.9 Å². The van der Waals surface area contributed by atoms with Crippen LogP contribution >= 0.6 is 11.8 Å². The lowest BCUT2D eigenvalue weighted by molar-refractivity contribution is -0.129. The molecule has 0 saturated carbocycles. The van der Waals surface area contributed by atoms with Crippen LogP contribution in [0, 0.1) is 6.92 Å². The van der Waals surface area contributed by atoms with Crippen molar-refractivity contribution >= 4 is 33.8 Å². The Morgan fingerprint density at radius 3 is 2.32 bits per heavy atom. The zero-order valence-electron chi connectivity index (χ0n) is 15.8. The summed E-state index contributed by atoms with van der Waals surface area (Å²) in [5.74, 6) is 0.413. The maximum Gasteiger partial charge on any atom is 0.236 e. The molecule has 0 N–H and O–H groups in total. The van der Waals surface area contributed by atoms with E-state index in [2.05, 4.69) is 0 Å². The van der Waals surface area contributed by atoms with Gasteiger partial charge < -0.3 is 4.90 Å². The summed E-state index contributed by atoms with van der Waals surface area (Å²) in [6.45, 7) is 3.51. The van der Waals surface area contributed by atoms with Crippen LogP contribution in [0.4, 0.5) is 0 Å². The number of sulfonamides is 1. The number of aryl methyl sites for hydroxylation is 1. The third-order valence-corrected chi connectivity index (χ3v) is 7.35. The Morgan fingerprint density at radius 1 is 1.00 bits per heavy atom. The third kappa shape index (κ3) is 5.47. The summed E-state index contributed by atoms with van der Waals surface area (Å²) < 4.78 is 26.5. The SMILES string of the molecule is Cc1ccccc1SCC(=O)N1CCN(S(=O)(=O)/C=C/c2ccccc2)CC1. The number of nitrogens with zero attached hydrogens (tertiary/aromatic N) is 2. The summed E-state index contributed by atoms with van der Waals surface area (Å²) in [6, 6.07) is 17.3. The Hall–Kier alpha value is -2.09. The van der Waals surface area contributed by atoms with E-state index in [9.17, 15) is 13.2 Å². The molecule has 1 amide bonds. The highest BCUT2D eigenvalue weighted by molar-refractivity contribution is 8.00. The molecular formula is C21H24N2O3S2. The molecule has 2 aromatic carbocycles. The number of hydrogen-bond acceptors (Lipinski definition) is 4. The lowest BCUT2D eigenvalue weighted by Gasteiger charge is -2.33. The Morgan fingerprint density at radius 2 is 1.64 bits per heavy atom. The van der Waals surface area contributed by atoms with Crippen LogP contribution in [0.2, 0.25) is 0 Å². The Balaban J connectivity index is 1.51. The van der Waals surface area contributed by atoms with Crippen LogP contribution in [-0.2, 0) is 14.8 Å². The summed E-state index contributed by atoms with van der Waals surface area (Å²) in [5.41, 5.74) is 1.99. The monoisotopic (exact) mass is 416 g/mol. The van der Waals surface area contributed by atoms with Gasteiger partial charge in [0.25, 0.3) is 0 Å². The van der Waals surface area contributed by atoms with Crippen LogP contribution in [0.5, 0.6) is 0 Å². The quantitative estimate of drug-likeness (QED) is 0.679. The molecule has 1 aliphatic heterocycles. The first-order chi connectivity index (χ1) is 13.5. The van der Waals surface area contributed by atoms with E-state index in [1.165, 1.54) is 21.5 Å². The van der Waals surface area contributed by atoms with Crippen LogP contribution in [0.3, 0.4) is 0 Å². The van der Waals surface area contributed by atoms with Crippen molar-refractivity contribution in [3.63, 3.8) is 0 Å². The molecule has 0 unspecified atom stereocenters. The molecule has 1 fully saturated rings. The van der Waals surface area contributed by atoms with Crippen molar-refractivity contribution in [3.05, 3.63) is 71.1 Å². The fourth-order valence-corrected chi connectivity index (χ4v) is 5.06. The predicted molar refractivity (Wildman–Crippen MR) is 114 cm³/mol. The van der Waals surface area contributed by atoms with Crippen LogP contribution in [0.1, 0.15) is 11.1 Å². The standard InChI is InChI=1S/C21H24N2O3S2/c1-18-7-5-6-10-20(18)27-17-21(24)22-12-14-23(15-13-22)28(25,26)16-11-19-8-3-2-4-9-19/h2-11,16H,12-15,17H2,1H3/b16-11+. The minimum absolute atomic E-state index is 0.0464. The van der Waals surface area contributed by atoms with Gasteiger partial charge in [-0.2, -0.15) is 4.31 Å². The summed E-state index contributed by atoms with van der Waals surface area (Å²) in [4.78, 5) is 15.3. The topological polar surface area (TPSA) is 57.7 Å². The van der Waals surface area contributed by atoms with Gasteiger partial charge in [-0.1, -0.05) is 48.5 Å². The average molecular weight is 417 g/mol. The minimum Gasteiger partial charge on any atom is -0.339 e. The second kappa shape index (κ2) is 9.41. The van der Waals surface area contributed by atoms with Gasteiger partial charge >= 0.3 is 0 Å². The van der Waals surface area contributed by atoms with E-state index < -0.39 is 10.0 Å². The van der Waals surface area contributed by atoms with Gasteiger partial charge in [-0.15, -0.1) is 11.8 Å². The number of rotatable bonds is 6. The first kappa shape index (κ1) is 20.6. The highest BCUT2D eigenvalue weighted by Gasteiger charge is 2.27. The lowest BCUT2D eigenvalue weighted by Crippen LogP contribution is -2.50. The molecule has 0 aromatic heterocycles. The molecule has 0 bridgehead atoms. The maximum absolute atomic E-state index is 12.5. The van der Waals surface area contributed by atoms with Crippen molar-refractivity contribution in [1.82, 2.24) is 9.21 Å². The Bertz CT molecular complexity index is 935. The largest absolute Gasteiger partial charge is 0.339 e. The van der Waals surface area contributed by atoms with E-state index in [4.69, 9.17) is 0 Å². The molecule has 1 saturated heterocycles. The van der Waals surface area contributed by atoms with Crippen molar-refractivity contribution in [1.29, 1.82) is 0 Å². The summed E-state index contributed by atoms with van der Waals surface area (Å²) in [6.07, 6.45) is 1.60. The van der Waals surface area contributed by atoms with E-state index in [0.29, 0.717) is 31.9 Å². The number of hydrogen-bond donors (Lipinski definition) is 0. The number of piperazine rings is 1. The first-order valence-corrected chi connectivity index (χ1v) is 11.6. The zero-order chi connectivity index (χ0) is 20.0. The molecule has 7 heteroatoms. The number of benzene rings is 2.